The van der Waals surface area contributed by atoms with E-state index in [4.69, 9.17) is 4.74 Å². The molecule has 1 fully saturated rings. The molecule has 0 bridgehead atoms. The summed E-state index contributed by atoms with van der Waals surface area (Å²) in [7, 11) is -4.46. The van der Waals surface area contributed by atoms with Gasteiger partial charge in [0.2, 0.25) is 0 Å². The third-order valence-electron chi connectivity index (χ3n) is 6.56. The SMILES string of the molecule is CCOC(=O)[C@H](Cc1ccc(NC(=O)c2cccnc2)cc1)N(C(=O)[C@H]1NC(C)(C)CS1)S(=O)(=O)c1ccc(C)cc1. The average molecular weight is 611 g/mol. The van der Waals surface area contributed by atoms with E-state index in [1.807, 2.05) is 20.8 Å². The van der Waals surface area contributed by atoms with Crippen molar-refractivity contribution in [3.05, 3.63) is 89.7 Å². The second kappa shape index (κ2) is 13.1. The number of hydrogen-bond donors (Lipinski definition) is 2. The number of aromatic nitrogens is 1. The number of hydrogen-bond acceptors (Lipinski definition) is 9. The summed E-state index contributed by atoms with van der Waals surface area (Å²) in [4.78, 5) is 43.7. The third kappa shape index (κ3) is 7.36. The number of amides is 2. The number of rotatable bonds is 10. The van der Waals surface area contributed by atoms with Crippen LogP contribution in [0.15, 0.2) is 78.0 Å². The number of esters is 1. The molecule has 42 heavy (non-hydrogen) atoms. The molecule has 0 saturated carbocycles. The summed E-state index contributed by atoms with van der Waals surface area (Å²) >= 11 is 1.29. The summed E-state index contributed by atoms with van der Waals surface area (Å²) in [6, 6.07) is 14.6. The zero-order chi connectivity index (χ0) is 30.5. The average Bonchev–Trinajstić information content (AvgIpc) is 3.33. The van der Waals surface area contributed by atoms with Crippen molar-refractivity contribution in [3.8, 4) is 0 Å². The molecule has 2 aromatic carbocycles. The van der Waals surface area contributed by atoms with Crippen LogP contribution in [0.4, 0.5) is 5.69 Å². The van der Waals surface area contributed by atoms with Crippen LogP contribution in [0.25, 0.3) is 0 Å². The van der Waals surface area contributed by atoms with Gasteiger partial charge in [-0.3, -0.25) is 19.9 Å². The minimum absolute atomic E-state index is 0.00468. The monoisotopic (exact) mass is 610 g/mol. The lowest BCUT2D eigenvalue weighted by atomic mass is 10.0. The first-order valence-electron chi connectivity index (χ1n) is 13.4. The van der Waals surface area contributed by atoms with Crippen LogP contribution in [0.5, 0.6) is 0 Å². The Morgan fingerprint density at radius 2 is 1.81 bits per heavy atom. The van der Waals surface area contributed by atoms with E-state index in [9.17, 15) is 22.8 Å². The number of benzene rings is 2. The van der Waals surface area contributed by atoms with Gasteiger partial charge in [-0.25, -0.2) is 17.5 Å². The molecule has 3 aromatic rings. The van der Waals surface area contributed by atoms with E-state index in [1.165, 1.54) is 30.1 Å². The lowest BCUT2D eigenvalue weighted by molar-refractivity contribution is -0.151. The highest BCUT2D eigenvalue weighted by atomic mass is 32.2. The van der Waals surface area contributed by atoms with E-state index in [2.05, 4.69) is 15.6 Å². The van der Waals surface area contributed by atoms with Crippen LogP contribution in [-0.4, -0.2) is 64.8 Å². The number of carbonyl (C=O) groups excluding carboxylic acids is 3. The molecule has 1 aromatic heterocycles. The topological polar surface area (TPSA) is 135 Å². The molecule has 0 unspecified atom stereocenters. The molecule has 0 radical (unpaired) electrons. The van der Waals surface area contributed by atoms with Crippen molar-refractivity contribution in [3.63, 3.8) is 0 Å². The molecule has 1 saturated heterocycles. The first-order valence-corrected chi connectivity index (χ1v) is 15.9. The summed E-state index contributed by atoms with van der Waals surface area (Å²) in [5, 5.41) is 5.09. The third-order valence-corrected chi connectivity index (χ3v) is 9.92. The number of sulfonamides is 1. The summed E-state index contributed by atoms with van der Waals surface area (Å²) in [6.07, 6.45) is 2.89. The van der Waals surface area contributed by atoms with Gasteiger partial charge in [0, 0.05) is 35.8 Å². The fourth-order valence-corrected chi connectivity index (χ4v) is 7.33. The van der Waals surface area contributed by atoms with Crippen molar-refractivity contribution in [1.82, 2.24) is 14.6 Å². The van der Waals surface area contributed by atoms with E-state index in [0.29, 0.717) is 26.9 Å². The molecule has 4 rings (SSSR count). The lowest BCUT2D eigenvalue weighted by Gasteiger charge is -2.32. The van der Waals surface area contributed by atoms with Crippen LogP contribution in [-0.2, 0) is 30.8 Å². The van der Waals surface area contributed by atoms with Crippen molar-refractivity contribution in [1.29, 1.82) is 0 Å². The van der Waals surface area contributed by atoms with Gasteiger partial charge in [-0.2, -0.15) is 0 Å². The van der Waals surface area contributed by atoms with Gasteiger partial charge >= 0.3 is 5.97 Å². The highest BCUT2D eigenvalue weighted by Gasteiger charge is 2.46. The van der Waals surface area contributed by atoms with Gasteiger partial charge < -0.3 is 10.1 Å². The summed E-state index contributed by atoms with van der Waals surface area (Å²) in [5.74, 6) is -1.34. The molecule has 1 aliphatic heterocycles. The van der Waals surface area contributed by atoms with Crippen LogP contribution in [0.1, 0.15) is 42.3 Å². The zero-order valence-electron chi connectivity index (χ0n) is 23.9. The number of ether oxygens (including phenoxy) is 1. The highest BCUT2D eigenvalue weighted by molar-refractivity contribution is 8.01. The zero-order valence-corrected chi connectivity index (χ0v) is 25.5. The fraction of sp³-hybridized carbons (Fsp3) is 0.333. The molecular weight excluding hydrogens is 576 g/mol. The van der Waals surface area contributed by atoms with Gasteiger partial charge in [0.05, 0.1) is 17.1 Å². The summed E-state index contributed by atoms with van der Waals surface area (Å²) in [6.45, 7) is 7.29. The normalized spacial score (nSPS) is 16.8. The van der Waals surface area contributed by atoms with E-state index < -0.39 is 38.9 Å². The van der Waals surface area contributed by atoms with Crippen molar-refractivity contribution in [2.45, 2.75) is 56.0 Å². The number of nitrogens with zero attached hydrogens (tertiary/aromatic N) is 2. The largest absolute Gasteiger partial charge is 0.464 e. The maximum Gasteiger partial charge on any atom is 0.330 e. The molecule has 12 heteroatoms. The summed E-state index contributed by atoms with van der Waals surface area (Å²) < 4.78 is 34.1. The van der Waals surface area contributed by atoms with Gasteiger partial charge in [-0.15, -0.1) is 11.8 Å². The van der Waals surface area contributed by atoms with E-state index in [0.717, 1.165) is 5.56 Å². The Bertz CT molecular complexity index is 1530. The minimum atomic E-state index is -4.46. The van der Waals surface area contributed by atoms with E-state index in [1.54, 1.807) is 61.7 Å². The van der Waals surface area contributed by atoms with Crippen molar-refractivity contribution >= 4 is 45.3 Å². The molecule has 2 N–H and O–H groups in total. The Labute approximate surface area is 250 Å². The van der Waals surface area contributed by atoms with Crippen LogP contribution < -0.4 is 10.6 Å². The number of nitrogens with one attached hydrogen (secondary N) is 2. The quantitative estimate of drug-likeness (QED) is 0.329. The van der Waals surface area contributed by atoms with Gasteiger partial charge in [-0.1, -0.05) is 29.8 Å². The van der Waals surface area contributed by atoms with Crippen LogP contribution in [0, 0.1) is 6.92 Å². The highest BCUT2D eigenvalue weighted by Crippen LogP contribution is 2.31. The number of anilines is 1. The molecule has 2 heterocycles. The second-order valence-electron chi connectivity index (χ2n) is 10.5. The maximum absolute atomic E-state index is 14.1. The van der Waals surface area contributed by atoms with Gasteiger partial charge in [0.1, 0.15) is 11.4 Å². The number of carbonyl (C=O) groups is 3. The molecule has 2 atom stereocenters. The smallest absolute Gasteiger partial charge is 0.330 e. The predicted molar refractivity (Wildman–Crippen MR) is 161 cm³/mol. The van der Waals surface area contributed by atoms with E-state index in [-0.39, 0.29) is 23.8 Å². The van der Waals surface area contributed by atoms with Gasteiger partial charge in [0.15, 0.2) is 0 Å². The Morgan fingerprint density at radius 1 is 1.12 bits per heavy atom. The van der Waals surface area contributed by atoms with Gasteiger partial charge in [-0.05, 0) is 69.7 Å². The van der Waals surface area contributed by atoms with Crippen LogP contribution in [0.3, 0.4) is 0 Å². The fourth-order valence-electron chi connectivity index (χ4n) is 4.39. The standard InChI is InChI=1S/C30H34N4O6S2/c1-5-40-29(37)25(17-21-10-12-23(13-11-21)32-26(35)22-7-6-16-31-18-22)34(28(36)27-33-30(3,4)19-41-27)42(38,39)24-14-8-20(2)9-15-24/h6-16,18,25,27,33H,5,17,19H2,1-4H3,(H,32,35)/t25-,27-/m0/s1. The molecule has 0 spiro atoms. The molecule has 10 nitrogen and oxygen atoms in total. The second-order valence-corrected chi connectivity index (χ2v) is 13.4. The Kier molecular flexibility index (Phi) is 9.70. The Hall–Kier alpha value is -3.74. The molecule has 0 aliphatic carbocycles. The molecule has 1 aliphatic rings. The van der Waals surface area contributed by atoms with Crippen molar-refractivity contribution in [2.24, 2.45) is 0 Å². The maximum atomic E-state index is 14.1. The number of pyridine rings is 1. The van der Waals surface area contributed by atoms with Gasteiger partial charge in [0.25, 0.3) is 21.8 Å². The van der Waals surface area contributed by atoms with Crippen molar-refractivity contribution < 1.29 is 27.5 Å². The molecule has 2 amide bonds. The molecule has 222 valence electrons. The number of thioether (sulfide) groups is 1. The predicted octanol–water partition coefficient (Wildman–Crippen LogP) is 3.78. The summed E-state index contributed by atoms with van der Waals surface area (Å²) in [5.41, 5.74) is 1.89. The number of aryl methyl sites for hydroxylation is 1. The van der Waals surface area contributed by atoms with Crippen LogP contribution >= 0.6 is 11.8 Å². The Morgan fingerprint density at radius 3 is 2.38 bits per heavy atom. The lowest BCUT2D eigenvalue weighted by Crippen LogP contribution is -2.56. The Balaban J connectivity index is 1.68. The van der Waals surface area contributed by atoms with Crippen LogP contribution in [0.2, 0.25) is 0 Å². The first kappa shape index (κ1) is 31.2. The van der Waals surface area contributed by atoms with E-state index >= 15 is 0 Å². The molecular formula is C30H34N4O6S2. The first-order chi connectivity index (χ1) is 19.9. The van der Waals surface area contributed by atoms with Crippen molar-refractivity contribution in [2.75, 3.05) is 17.7 Å². The minimum Gasteiger partial charge on any atom is -0.464 e.